The molecule has 18 heavy (non-hydrogen) atoms. The fourth-order valence-corrected chi connectivity index (χ4v) is 2.73. The first kappa shape index (κ1) is 15.1. The first-order valence-electron chi connectivity index (χ1n) is 5.78. The van der Waals surface area contributed by atoms with Crippen LogP contribution < -0.4 is 0 Å². The van der Waals surface area contributed by atoms with Crippen molar-refractivity contribution in [1.29, 1.82) is 0 Å². The smallest absolute Gasteiger partial charge is 0.324 e. The van der Waals surface area contributed by atoms with E-state index in [4.69, 9.17) is 0 Å². The van der Waals surface area contributed by atoms with Gasteiger partial charge >= 0.3 is 5.00 Å². The summed E-state index contributed by atoms with van der Waals surface area (Å²) in [7, 11) is 1.93. The Kier molecular flexibility index (Phi) is 4.84. The maximum Gasteiger partial charge on any atom is 0.324 e. The van der Waals surface area contributed by atoms with Crippen LogP contribution in [0.4, 0.5) is 5.00 Å². The van der Waals surface area contributed by atoms with E-state index >= 15 is 0 Å². The van der Waals surface area contributed by atoms with E-state index in [0.717, 1.165) is 16.9 Å². The minimum Gasteiger partial charge on any atom is -0.395 e. The lowest BCUT2D eigenvalue weighted by Crippen LogP contribution is -2.43. The first-order valence-corrected chi connectivity index (χ1v) is 6.66. The Morgan fingerprint density at radius 3 is 2.56 bits per heavy atom. The second kappa shape index (κ2) is 5.77. The highest BCUT2D eigenvalue weighted by Crippen LogP contribution is 2.27. The van der Waals surface area contributed by atoms with Crippen molar-refractivity contribution in [2.24, 2.45) is 5.41 Å². The van der Waals surface area contributed by atoms with Gasteiger partial charge in [-0.2, -0.15) is 0 Å². The molecule has 1 unspecified atom stereocenters. The number of nitrogens with zero attached hydrogens (tertiary/aromatic N) is 2. The molecule has 1 N–H and O–H groups in total. The van der Waals surface area contributed by atoms with Gasteiger partial charge in [-0.05, 0) is 18.0 Å². The van der Waals surface area contributed by atoms with Crippen molar-refractivity contribution in [2.75, 3.05) is 13.7 Å². The van der Waals surface area contributed by atoms with Crippen molar-refractivity contribution in [2.45, 2.75) is 33.4 Å². The Balaban J connectivity index is 2.73. The lowest BCUT2D eigenvalue weighted by molar-refractivity contribution is -0.380. The number of hydrogen-bond acceptors (Lipinski definition) is 5. The third kappa shape index (κ3) is 3.76. The molecule has 1 heterocycles. The van der Waals surface area contributed by atoms with Crippen molar-refractivity contribution in [3.05, 3.63) is 27.1 Å². The van der Waals surface area contributed by atoms with E-state index in [-0.39, 0.29) is 28.0 Å². The highest BCUT2D eigenvalue weighted by molar-refractivity contribution is 7.13. The van der Waals surface area contributed by atoms with Crippen LogP contribution in [-0.2, 0) is 6.54 Å². The normalized spacial score (nSPS) is 13.9. The summed E-state index contributed by atoms with van der Waals surface area (Å²) in [4.78, 5) is 12.3. The monoisotopic (exact) mass is 272 g/mol. The number of thiophene rings is 1. The highest BCUT2D eigenvalue weighted by atomic mass is 32.1. The van der Waals surface area contributed by atoms with Crippen molar-refractivity contribution < 1.29 is 10.0 Å². The van der Waals surface area contributed by atoms with Crippen LogP contribution in [0, 0.1) is 15.5 Å². The van der Waals surface area contributed by atoms with Gasteiger partial charge in [-0.3, -0.25) is 15.0 Å². The molecule has 0 fully saturated rings. The molecule has 0 amide bonds. The number of nitro groups is 1. The highest BCUT2D eigenvalue weighted by Gasteiger charge is 2.28. The Hall–Kier alpha value is -0.980. The lowest BCUT2D eigenvalue weighted by Gasteiger charge is -2.36. The molecule has 102 valence electrons. The van der Waals surface area contributed by atoms with E-state index in [2.05, 4.69) is 20.8 Å². The second-order valence-corrected chi connectivity index (χ2v) is 6.42. The number of aliphatic hydroxyl groups excluding tert-OH is 1. The largest absolute Gasteiger partial charge is 0.395 e. The zero-order chi connectivity index (χ0) is 13.9. The van der Waals surface area contributed by atoms with E-state index in [1.807, 2.05) is 11.9 Å². The average Bonchev–Trinajstić information content (AvgIpc) is 2.64. The molecule has 0 saturated heterocycles. The fraction of sp³-hybridized carbons (Fsp3) is 0.667. The van der Waals surface area contributed by atoms with Gasteiger partial charge in [0.1, 0.15) is 0 Å². The van der Waals surface area contributed by atoms with E-state index in [1.54, 1.807) is 11.4 Å². The average molecular weight is 272 g/mol. The summed E-state index contributed by atoms with van der Waals surface area (Å²) in [6.45, 7) is 6.89. The zero-order valence-electron chi connectivity index (χ0n) is 11.2. The maximum absolute atomic E-state index is 10.6. The summed E-state index contributed by atoms with van der Waals surface area (Å²) in [5, 5.41) is 22.0. The number of aliphatic hydroxyl groups is 1. The molecule has 1 aromatic heterocycles. The van der Waals surface area contributed by atoms with Gasteiger partial charge in [0.15, 0.2) is 0 Å². The van der Waals surface area contributed by atoms with Crippen LogP contribution in [0.3, 0.4) is 0 Å². The predicted molar refractivity (Wildman–Crippen MR) is 72.8 cm³/mol. The summed E-state index contributed by atoms with van der Waals surface area (Å²) in [5.41, 5.74) is 0.878. The van der Waals surface area contributed by atoms with Gasteiger partial charge in [-0.1, -0.05) is 32.1 Å². The van der Waals surface area contributed by atoms with Gasteiger partial charge in [-0.25, -0.2) is 0 Å². The molecule has 0 saturated carbocycles. The number of likely N-dealkylation sites (N-methyl/N-ethyl adjacent to an activating group) is 1. The summed E-state index contributed by atoms with van der Waals surface area (Å²) < 4.78 is 0. The number of rotatable bonds is 5. The molecule has 6 heteroatoms. The van der Waals surface area contributed by atoms with Gasteiger partial charge in [-0.15, -0.1) is 0 Å². The predicted octanol–water partition coefficient (Wildman–Crippen LogP) is 2.50. The number of hydrogen-bond donors (Lipinski definition) is 1. The molecule has 0 bridgehead atoms. The molecule has 1 rings (SSSR count). The molecule has 0 spiro atoms. The van der Waals surface area contributed by atoms with Crippen LogP contribution in [0.1, 0.15) is 26.3 Å². The van der Waals surface area contributed by atoms with Crippen molar-refractivity contribution in [3.63, 3.8) is 0 Å². The van der Waals surface area contributed by atoms with Gasteiger partial charge in [0.25, 0.3) is 0 Å². The minimum atomic E-state index is -0.374. The first-order chi connectivity index (χ1) is 8.25. The van der Waals surface area contributed by atoms with Gasteiger partial charge < -0.3 is 5.11 Å². The molecular weight excluding hydrogens is 252 g/mol. The fourth-order valence-electron chi connectivity index (χ4n) is 2.01. The van der Waals surface area contributed by atoms with Gasteiger partial charge in [0.2, 0.25) is 0 Å². The topological polar surface area (TPSA) is 66.6 Å². The SMILES string of the molecule is CN(Cc1csc([N+](=O)[O-])c1)C(CO)C(C)(C)C. The molecule has 1 aromatic rings. The summed E-state index contributed by atoms with van der Waals surface area (Å²) in [6, 6.07) is 1.62. The van der Waals surface area contributed by atoms with E-state index in [9.17, 15) is 15.2 Å². The Morgan fingerprint density at radius 1 is 1.56 bits per heavy atom. The third-order valence-electron chi connectivity index (χ3n) is 2.96. The van der Waals surface area contributed by atoms with E-state index < -0.39 is 0 Å². The lowest BCUT2D eigenvalue weighted by atomic mass is 9.86. The Morgan fingerprint density at radius 2 is 2.17 bits per heavy atom. The van der Waals surface area contributed by atoms with Crippen molar-refractivity contribution in [3.8, 4) is 0 Å². The second-order valence-electron chi connectivity index (χ2n) is 5.53. The standard InChI is InChI=1S/C12H20N2O3S/c1-12(2,3)10(7-15)13(4)6-9-5-11(14(16)17)18-8-9/h5,8,10,15H,6-7H2,1-4H3. The van der Waals surface area contributed by atoms with E-state index in [0.29, 0.717) is 6.54 Å². The summed E-state index contributed by atoms with van der Waals surface area (Å²) in [5.74, 6) is 0. The summed E-state index contributed by atoms with van der Waals surface area (Å²) >= 11 is 1.14. The Bertz CT molecular complexity index is 412. The zero-order valence-corrected chi connectivity index (χ0v) is 12.0. The van der Waals surface area contributed by atoms with Crippen molar-refractivity contribution >= 4 is 16.3 Å². The van der Waals surface area contributed by atoms with Crippen molar-refractivity contribution in [1.82, 2.24) is 4.90 Å². The molecule has 0 aliphatic heterocycles. The molecule has 5 nitrogen and oxygen atoms in total. The van der Waals surface area contributed by atoms with E-state index in [1.165, 1.54) is 0 Å². The van der Waals surface area contributed by atoms with Crippen LogP contribution >= 0.6 is 11.3 Å². The van der Waals surface area contributed by atoms with Crippen LogP contribution in [0.2, 0.25) is 0 Å². The Labute approximate surface area is 111 Å². The molecule has 1 atom stereocenters. The summed E-state index contributed by atoms with van der Waals surface area (Å²) in [6.07, 6.45) is 0. The van der Waals surface area contributed by atoms with Crippen LogP contribution in [0.25, 0.3) is 0 Å². The molecular formula is C12H20N2O3S. The molecule has 0 aromatic carbocycles. The molecule has 0 aliphatic carbocycles. The van der Waals surface area contributed by atoms with Crippen LogP contribution in [0.15, 0.2) is 11.4 Å². The maximum atomic E-state index is 10.6. The van der Waals surface area contributed by atoms with Gasteiger partial charge in [0.05, 0.1) is 11.5 Å². The minimum absolute atomic E-state index is 0.0245. The quantitative estimate of drug-likeness (QED) is 0.660. The molecule has 0 aliphatic rings. The third-order valence-corrected chi connectivity index (χ3v) is 3.89. The van der Waals surface area contributed by atoms with Gasteiger partial charge in [0, 0.05) is 24.0 Å². The molecule has 0 radical (unpaired) electrons. The van der Waals surface area contributed by atoms with Crippen LogP contribution in [0.5, 0.6) is 0 Å². The van der Waals surface area contributed by atoms with Crippen LogP contribution in [-0.4, -0.2) is 34.6 Å².